The number of para-hydroxylation sites is 1. The SMILES string of the molecule is Cc1ccc(-c2cnc(C3CC3)o2)cc1S(=O)(=O)CCC(=O)Nc1ccccc1. The summed E-state index contributed by atoms with van der Waals surface area (Å²) in [6.45, 7) is 1.75. The molecule has 1 fully saturated rings. The smallest absolute Gasteiger partial charge is 0.225 e. The van der Waals surface area contributed by atoms with Crippen molar-refractivity contribution in [1.29, 1.82) is 0 Å². The number of oxazole rings is 1. The zero-order chi connectivity index (χ0) is 20.4. The molecule has 7 heteroatoms. The number of aromatic nitrogens is 1. The molecule has 0 radical (unpaired) electrons. The standard InChI is InChI=1S/C22H22N2O4S/c1-15-7-8-17(19-14-23-22(28-19)16-9-10-16)13-20(15)29(26,27)12-11-21(25)24-18-5-3-2-4-6-18/h2-8,13-14,16H,9-12H2,1H3,(H,24,25). The van der Waals surface area contributed by atoms with Gasteiger partial charge >= 0.3 is 0 Å². The fourth-order valence-corrected chi connectivity index (χ4v) is 4.65. The number of rotatable bonds is 7. The molecule has 150 valence electrons. The Hall–Kier alpha value is -2.93. The van der Waals surface area contributed by atoms with Crippen LogP contribution in [0.2, 0.25) is 0 Å². The van der Waals surface area contributed by atoms with E-state index in [0.29, 0.717) is 34.4 Å². The van der Waals surface area contributed by atoms with Crippen LogP contribution in [0.4, 0.5) is 5.69 Å². The molecule has 1 aliphatic rings. The van der Waals surface area contributed by atoms with E-state index >= 15 is 0 Å². The largest absolute Gasteiger partial charge is 0.440 e. The highest BCUT2D eigenvalue weighted by Crippen LogP contribution is 2.40. The minimum absolute atomic E-state index is 0.116. The average Bonchev–Trinajstić information content (AvgIpc) is 3.44. The van der Waals surface area contributed by atoms with Crippen molar-refractivity contribution < 1.29 is 17.6 Å². The van der Waals surface area contributed by atoms with E-state index in [1.165, 1.54) is 0 Å². The van der Waals surface area contributed by atoms with Gasteiger partial charge in [-0.3, -0.25) is 4.79 Å². The summed E-state index contributed by atoms with van der Waals surface area (Å²) in [5, 5.41) is 2.71. The number of amides is 1. The van der Waals surface area contributed by atoms with Crippen molar-refractivity contribution in [2.75, 3.05) is 11.1 Å². The Kier molecular flexibility index (Phi) is 5.24. The lowest BCUT2D eigenvalue weighted by molar-refractivity contribution is -0.115. The van der Waals surface area contributed by atoms with Crippen molar-refractivity contribution in [3.63, 3.8) is 0 Å². The Labute approximate surface area is 169 Å². The van der Waals surface area contributed by atoms with Crippen LogP contribution < -0.4 is 5.32 Å². The van der Waals surface area contributed by atoms with Gasteiger partial charge in [0.15, 0.2) is 21.5 Å². The highest BCUT2D eigenvalue weighted by molar-refractivity contribution is 7.91. The highest BCUT2D eigenvalue weighted by atomic mass is 32.2. The molecule has 0 aliphatic heterocycles. The van der Waals surface area contributed by atoms with Gasteiger partial charge in [0.05, 0.1) is 16.8 Å². The van der Waals surface area contributed by atoms with Crippen LogP contribution in [0.5, 0.6) is 0 Å². The van der Waals surface area contributed by atoms with Crippen LogP contribution >= 0.6 is 0 Å². The number of anilines is 1. The number of benzene rings is 2. The molecule has 0 spiro atoms. The number of sulfone groups is 1. The van der Waals surface area contributed by atoms with Crippen LogP contribution in [0, 0.1) is 6.92 Å². The minimum Gasteiger partial charge on any atom is -0.440 e. The monoisotopic (exact) mass is 410 g/mol. The number of hydrogen-bond donors (Lipinski definition) is 1. The Morgan fingerprint density at radius 2 is 1.93 bits per heavy atom. The number of carbonyl (C=O) groups is 1. The predicted octanol–water partition coefficient (Wildman–Crippen LogP) is 4.33. The van der Waals surface area contributed by atoms with Gasteiger partial charge in [0.25, 0.3) is 0 Å². The zero-order valence-corrected chi connectivity index (χ0v) is 16.9. The van der Waals surface area contributed by atoms with Gasteiger partial charge in [-0.25, -0.2) is 13.4 Å². The third-order valence-electron chi connectivity index (χ3n) is 4.91. The van der Waals surface area contributed by atoms with Gasteiger partial charge in [0, 0.05) is 23.6 Å². The number of aryl methyl sites for hydroxylation is 1. The maximum Gasteiger partial charge on any atom is 0.225 e. The number of nitrogens with zero attached hydrogens (tertiary/aromatic N) is 1. The molecule has 1 amide bonds. The van der Waals surface area contributed by atoms with Gasteiger partial charge in [0.2, 0.25) is 5.91 Å². The van der Waals surface area contributed by atoms with E-state index in [9.17, 15) is 13.2 Å². The fourth-order valence-electron chi connectivity index (χ4n) is 3.11. The van der Waals surface area contributed by atoms with Gasteiger partial charge in [-0.05, 0) is 43.5 Å². The van der Waals surface area contributed by atoms with E-state index in [4.69, 9.17) is 4.42 Å². The first-order chi connectivity index (χ1) is 13.9. The van der Waals surface area contributed by atoms with Crippen LogP contribution in [-0.4, -0.2) is 25.1 Å². The quantitative estimate of drug-likeness (QED) is 0.626. The van der Waals surface area contributed by atoms with Gasteiger partial charge in [-0.1, -0.05) is 30.3 Å². The molecule has 0 unspecified atom stereocenters. The lowest BCUT2D eigenvalue weighted by Gasteiger charge is -2.10. The fraction of sp³-hybridized carbons (Fsp3) is 0.273. The van der Waals surface area contributed by atoms with E-state index in [2.05, 4.69) is 10.3 Å². The second-order valence-corrected chi connectivity index (χ2v) is 9.38. The lowest BCUT2D eigenvalue weighted by atomic mass is 10.1. The molecule has 0 atom stereocenters. The van der Waals surface area contributed by atoms with Crippen molar-refractivity contribution in [2.24, 2.45) is 0 Å². The maximum absolute atomic E-state index is 12.9. The van der Waals surface area contributed by atoms with Gasteiger partial charge in [0.1, 0.15) is 0 Å². The maximum atomic E-state index is 12.9. The van der Waals surface area contributed by atoms with Crippen molar-refractivity contribution in [1.82, 2.24) is 4.98 Å². The summed E-state index contributed by atoms with van der Waals surface area (Å²) >= 11 is 0. The van der Waals surface area contributed by atoms with Crippen molar-refractivity contribution in [2.45, 2.75) is 37.0 Å². The van der Waals surface area contributed by atoms with E-state index in [1.54, 1.807) is 49.5 Å². The van der Waals surface area contributed by atoms with Gasteiger partial charge in [-0.15, -0.1) is 0 Å². The van der Waals surface area contributed by atoms with Gasteiger partial charge < -0.3 is 9.73 Å². The first-order valence-corrected chi connectivity index (χ1v) is 11.2. The van der Waals surface area contributed by atoms with E-state index in [0.717, 1.165) is 12.8 Å². The summed E-state index contributed by atoms with van der Waals surface area (Å²) in [5.74, 6) is 1.06. The molecule has 0 bridgehead atoms. The zero-order valence-electron chi connectivity index (χ0n) is 16.1. The molecule has 0 saturated heterocycles. The topological polar surface area (TPSA) is 89.3 Å². The van der Waals surface area contributed by atoms with Gasteiger partial charge in [-0.2, -0.15) is 0 Å². The normalized spacial score (nSPS) is 14.0. The summed E-state index contributed by atoms with van der Waals surface area (Å²) in [4.78, 5) is 16.7. The summed E-state index contributed by atoms with van der Waals surface area (Å²) < 4.78 is 31.6. The molecule has 1 aromatic heterocycles. The van der Waals surface area contributed by atoms with Crippen LogP contribution in [0.3, 0.4) is 0 Å². The molecule has 6 nitrogen and oxygen atoms in total. The third-order valence-corrected chi connectivity index (χ3v) is 6.76. The molecule has 3 aromatic rings. The summed E-state index contributed by atoms with van der Waals surface area (Å²) in [6, 6.07) is 14.2. The molecular weight excluding hydrogens is 388 g/mol. The highest BCUT2D eigenvalue weighted by Gasteiger charge is 2.29. The van der Waals surface area contributed by atoms with E-state index < -0.39 is 9.84 Å². The average molecular weight is 410 g/mol. The number of carbonyl (C=O) groups excluding carboxylic acids is 1. The van der Waals surface area contributed by atoms with Crippen molar-refractivity contribution in [3.05, 3.63) is 66.2 Å². The summed E-state index contributed by atoms with van der Waals surface area (Å²) in [5.41, 5.74) is 1.95. The Balaban J connectivity index is 1.49. The van der Waals surface area contributed by atoms with E-state index in [-0.39, 0.29) is 23.0 Å². The second-order valence-electron chi connectivity index (χ2n) is 7.30. The molecule has 4 rings (SSSR count). The van der Waals surface area contributed by atoms with E-state index in [1.807, 2.05) is 12.1 Å². The lowest BCUT2D eigenvalue weighted by Crippen LogP contribution is -2.18. The first kappa shape index (κ1) is 19.4. The second kappa shape index (κ2) is 7.83. The Morgan fingerprint density at radius 3 is 2.66 bits per heavy atom. The van der Waals surface area contributed by atoms with Crippen molar-refractivity contribution in [3.8, 4) is 11.3 Å². The summed E-state index contributed by atoms with van der Waals surface area (Å²) in [7, 11) is -3.63. The molecule has 2 aromatic carbocycles. The molecule has 1 heterocycles. The van der Waals surface area contributed by atoms with Crippen LogP contribution in [0.1, 0.15) is 36.6 Å². The molecule has 1 aliphatic carbocycles. The van der Waals surface area contributed by atoms with Crippen LogP contribution in [0.25, 0.3) is 11.3 Å². The summed E-state index contributed by atoms with van der Waals surface area (Å²) in [6.07, 6.45) is 3.69. The van der Waals surface area contributed by atoms with Crippen LogP contribution in [0.15, 0.2) is 64.0 Å². The molecule has 1 N–H and O–H groups in total. The number of nitrogens with one attached hydrogen (secondary N) is 1. The molecule has 29 heavy (non-hydrogen) atoms. The predicted molar refractivity (Wildman–Crippen MR) is 110 cm³/mol. The Bertz CT molecular complexity index is 1130. The third kappa shape index (κ3) is 4.56. The Morgan fingerprint density at radius 1 is 1.17 bits per heavy atom. The molecular formula is C22H22N2O4S. The molecule has 1 saturated carbocycles. The minimum atomic E-state index is -3.63. The first-order valence-electron chi connectivity index (χ1n) is 9.57. The van der Waals surface area contributed by atoms with Crippen LogP contribution in [-0.2, 0) is 14.6 Å². The van der Waals surface area contributed by atoms with Crippen molar-refractivity contribution >= 4 is 21.4 Å². The number of hydrogen-bond acceptors (Lipinski definition) is 5.